The molecule has 1 aliphatic rings. The zero-order valence-corrected chi connectivity index (χ0v) is 21.3. The molecule has 11 heteroatoms. The molecular weight excluding hydrogens is 478 g/mol. The van der Waals surface area contributed by atoms with Crippen LogP contribution >= 0.6 is 0 Å². The molecule has 1 saturated heterocycles. The fraction of sp³-hybridized carbons (Fsp3) is 0.435. The lowest BCUT2D eigenvalue weighted by Crippen LogP contribution is -2.38. The molecule has 2 aromatic carbocycles. The van der Waals surface area contributed by atoms with Crippen molar-refractivity contribution in [3.8, 4) is 5.75 Å². The van der Waals surface area contributed by atoms with Crippen molar-refractivity contribution in [3.05, 3.63) is 48.0 Å². The number of hydrogen-bond acceptors (Lipinski definition) is 6. The van der Waals surface area contributed by atoms with Crippen LogP contribution in [0.15, 0.2) is 47.4 Å². The van der Waals surface area contributed by atoms with Crippen LogP contribution < -0.4 is 14.4 Å². The summed E-state index contributed by atoms with van der Waals surface area (Å²) in [6.45, 7) is 2.32. The van der Waals surface area contributed by atoms with E-state index in [2.05, 4.69) is 5.32 Å². The van der Waals surface area contributed by atoms with Crippen LogP contribution in [-0.2, 0) is 31.3 Å². The standard InChI is InChI=1S/C23H31N3O6S2/c1-4-18-10-6-7-11-20(18)26(33(3,28)29)17-23(27)24-19-12-13-21(32-2)22(16-19)34(30,31)25-14-8-5-9-15-25/h6-7,10-13,16H,4-5,8-9,14-15,17H2,1-3H3,(H,24,27). The molecule has 0 saturated carbocycles. The fourth-order valence-corrected chi connectivity index (χ4v) is 6.55. The molecule has 0 atom stereocenters. The highest BCUT2D eigenvalue weighted by Gasteiger charge is 2.29. The average Bonchev–Trinajstić information content (AvgIpc) is 2.82. The summed E-state index contributed by atoms with van der Waals surface area (Å²) in [5.41, 5.74) is 1.46. The Morgan fingerprint density at radius 3 is 2.35 bits per heavy atom. The number of methoxy groups -OCH3 is 1. The van der Waals surface area contributed by atoms with Gasteiger partial charge in [0.15, 0.2) is 0 Å². The SMILES string of the molecule is CCc1ccccc1N(CC(=O)Nc1ccc(OC)c(S(=O)(=O)N2CCCCC2)c1)S(C)(=O)=O. The van der Waals surface area contributed by atoms with Gasteiger partial charge in [0.1, 0.15) is 17.2 Å². The number of piperidine rings is 1. The number of nitrogens with zero attached hydrogens (tertiary/aromatic N) is 2. The minimum atomic E-state index is -3.81. The van der Waals surface area contributed by atoms with Crippen LogP contribution in [0.25, 0.3) is 0 Å². The van der Waals surface area contributed by atoms with E-state index in [9.17, 15) is 21.6 Å². The van der Waals surface area contributed by atoms with E-state index in [1.165, 1.54) is 29.6 Å². The van der Waals surface area contributed by atoms with Crippen molar-refractivity contribution in [2.75, 3.05) is 42.6 Å². The lowest BCUT2D eigenvalue weighted by Gasteiger charge is -2.27. The number of ether oxygens (including phenoxy) is 1. The van der Waals surface area contributed by atoms with Crippen molar-refractivity contribution < 1.29 is 26.4 Å². The van der Waals surface area contributed by atoms with Crippen LogP contribution in [0.1, 0.15) is 31.7 Å². The molecule has 1 heterocycles. The van der Waals surface area contributed by atoms with Crippen molar-refractivity contribution in [3.63, 3.8) is 0 Å². The van der Waals surface area contributed by atoms with E-state index in [1.54, 1.807) is 12.1 Å². The number of benzene rings is 2. The Morgan fingerprint density at radius 1 is 1.06 bits per heavy atom. The van der Waals surface area contributed by atoms with Gasteiger partial charge in [0.05, 0.1) is 19.1 Å². The molecule has 0 aliphatic carbocycles. The Bertz CT molecular complexity index is 1240. The van der Waals surface area contributed by atoms with Crippen LogP contribution in [0.5, 0.6) is 5.75 Å². The maximum Gasteiger partial charge on any atom is 0.246 e. The lowest BCUT2D eigenvalue weighted by molar-refractivity contribution is -0.114. The van der Waals surface area contributed by atoms with Crippen LogP contribution in [-0.4, -0.2) is 60.0 Å². The number of rotatable bonds is 9. The zero-order valence-electron chi connectivity index (χ0n) is 19.7. The van der Waals surface area contributed by atoms with Crippen molar-refractivity contribution in [1.82, 2.24) is 4.31 Å². The number of anilines is 2. The quantitative estimate of drug-likeness (QED) is 0.556. The Morgan fingerprint density at radius 2 is 1.74 bits per heavy atom. The fourth-order valence-electron chi connectivity index (χ4n) is 3.97. The molecule has 0 spiro atoms. The summed E-state index contributed by atoms with van der Waals surface area (Å²) in [6, 6.07) is 11.3. The van der Waals surface area contributed by atoms with Crippen molar-refractivity contribution in [1.29, 1.82) is 0 Å². The third-order valence-corrected chi connectivity index (χ3v) is 8.76. The van der Waals surface area contributed by atoms with Gasteiger partial charge in [0.25, 0.3) is 0 Å². The van der Waals surface area contributed by atoms with Gasteiger partial charge in [-0.2, -0.15) is 4.31 Å². The van der Waals surface area contributed by atoms with E-state index in [0.717, 1.165) is 35.4 Å². The van der Waals surface area contributed by atoms with E-state index < -0.39 is 32.5 Å². The monoisotopic (exact) mass is 509 g/mol. The number of carbonyl (C=O) groups is 1. The summed E-state index contributed by atoms with van der Waals surface area (Å²) < 4.78 is 59.1. The number of sulfonamides is 2. The van der Waals surface area contributed by atoms with E-state index >= 15 is 0 Å². The number of nitrogens with one attached hydrogen (secondary N) is 1. The topological polar surface area (TPSA) is 113 Å². The van der Waals surface area contributed by atoms with Gasteiger partial charge in [-0.3, -0.25) is 9.10 Å². The molecule has 34 heavy (non-hydrogen) atoms. The largest absolute Gasteiger partial charge is 0.495 e. The van der Waals surface area contributed by atoms with Gasteiger partial charge in [0.2, 0.25) is 26.0 Å². The van der Waals surface area contributed by atoms with Crippen molar-refractivity contribution in [2.24, 2.45) is 0 Å². The van der Waals surface area contributed by atoms with E-state index in [1.807, 2.05) is 19.1 Å². The first kappa shape index (κ1) is 26.0. The van der Waals surface area contributed by atoms with Gasteiger partial charge >= 0.3 is 0 Å². The number of hydrogen-bond donors (Lipinski definition) is 1. The molecule has 1 aliphatic heterocycles. The Balaban J connectivity index is 1.87. The van der Waals surface area contributed by atoms with Crippen molar-refractivity contribution in [2.45, 2.75) is 37.5 Å². The number of amides is 1. The molecule has 0 aromatic heterocycles. The van der Waals surface area contributed by atoms with Crippen molar-refractivity contribution >= 4 is 37.3 Å². The molecule has 1 fully saturated rings. The van der Waals surface area contributed by atoms with Crippen LogP contribution in [0.3, 0.4) is 0 Å². The van der Waals surface area contributed by atoms with Gasteiger partial charge in [-0.25, -0.2) is 16.8 Å². The Hall–Kier alpha value is -2.63. The molecule has 1 N–H and O–H groups in total. The molecule has 0 radical (unpaired) electrons. The average molecular weight is 510 g/mol. The highest BCUT2D eigenvalue weighted by atomic mass is 32.2. The first-order chi connectivity index (χ1) is 16.1. The number of para-hydroxylation sites is 1. The second-order valence-electron chi connectivity index (χ2n) is 8.13. The Labute approximate surface area is 201 Å². The van der Waals surface area contributed by atoms with Crippen LogP contribution in [0, 0.1) is 0 Å². The summed E-state index contributed by atoms with van der Waals surface area (Å²) in [6.07, 6.45) is 4.21. The summed E-state index contributed by atoms with van der Waals surface area (Å²) in [5, 5.41) is 2.63. The summed E-state index contributed by atoms with van der Waals surface area (Å²) >= 11 is 0. The van der Waals surface area contributed by atoms with Crippen LogP contribution in [0.2, 0.25) is 0 Å². The highest BCUT2D eigenvalue weighted by Crippen LogP contribution is 2.31. The zero-order chi connectivity index (χ0) is 24.9. The van der Waals surface area contributed by atoms with E-state index in [-0.39, 0.29) is 16.3 Å². The first-order valence-corrected chi connectivity index (χ1v) is 14.4. The van der Waals surface area contributed by atoms with E-state index in [0.29, 0.717) is 25.2 Å². The molecule has 9 nitrogen and oxygen atoms in total. The maximum absolute atomic E-state index is 13.2. The molecule has 0 unspecified atom stereocenters. The third kappa shape index (κ3) is 5.89. The van der Waals surface area contributed by atoms with E-state index in [4.69, 9.17) is 4.74 Å². The smallest absolute Gasteiger partial charge is 0.246 e. The van der Waals surface area contributed by atoms with Crippen LogP contribution in [0.4, 0.5) is 11.4 Å². The minimum Gasteiger partial charge on any atom is -0.495 e. The summed E-state index contributed by atoms with van der Waals surface area (Å²) in [4.78, 5) is 12.8. The Kier molecular flexibility index (Phi) is 8.21. The minimum absolute atomic E-state index is 0.0361. The van der Waals surface area contributed by atoms with Gasteiger partial charge in [-0.05, 0) is 49.1 Å². The number of aryl methyl sites for hydroxylation is 1. The summed E-state index contributed by atoms with van der Waals surface area (Å²) in [5.74, 6) is -0.416. The summed E-state index contributed by atoms with van der Waals surface area (Å²) in [7, 11) is -6.17. The second-order valence-corrected chi connectivity index (χ2v) is 11.9. The first-order valence-electron chi connectivity index (χ1n) is 11.1. The lowest BCUT2D eigenvalue weighted by atomic mass is 10.1. The predicted molar refractivity (Wildman–Crippen MR) is 132 cm³/mol. The second kappa shape index (κ2) is 10.7. The maximum atomic E-state index is 13.2. The molecule has 186 valence electrons. The molecule has 1 amide bonds. The third-order valence-electron chi connectivity index (χ3n) is 5.71. The molecule has 2 aromatic rings. The highest BCUT2D eigenvalue weighted by molar-refractivity contribution is 7.92. The molecule has 0 bridgehead atoms. The predicted octanol–water partition coefficient (Wildman–Crippen LogP) is 2.84. The van der Waals surface area contributed by atoms with Gasteiger partial charge < -0.3 is 10.1 Å². The van der Waals surface area contributed by atoms with Gasteiger partial charge in [0, 0.05) is 18.8 Å². The number of carbonyl (C=O) groups excluding carboxylic acids is 1. The molecule has 3 rings (SSSR count). The van der Waals surface area contributed by atoms with Gasteiger partial charge in [-0.15, -0.1) is 0 Å². The molecular formula is C23H31N3O6S2. The van der Waals surface area contributed by atoms with Gasteiger partial charge in [-0.1, -0.05) is 31.5 Å². The normalized spacial score (nSPS) is 15.0.